The highest BCUT2D eigenvalue weighted by Gasteiger charge is 2.30. The lowest BCUT2D eigenvalue weighted by Gasteiger charge is -2.34. The number of benzene rings is 1. The van der Waals surface area contributed by atoms with Crippen molar-refractivity contribution in [2.24, 2.45) is 11.1 Å². The highest BCUT2D eigenvalue weighted by molar-refractivity contribution is 8.00. The van der Waals surface area contributed by atoms with Crippen LogP contribution in [0.2, 0.25) is 0 Å². The Balaban J connectivity index is 2.83. The minimum atomic E-state index is 0.227. The summed E-state index contributed by atoms with van der Waals surface area (Å²) in [6, 6.07) is 8.97. The van der Waals surface area contributed by atoms with E-state index in [2.05, 4.69) is 58.9 Å². The molecular formula is C15H25NS. The van der Waals surface area contributed by atoms with Crippen LogP contribution in [-0.2, 0) is 0 Å². The predicted molar refractivity (Wildman–Crippen MR) is 78.5 cm³/mol. The normalized spacial score (nSPS) is 15.6. The molecule has 1 nitrogen and oxygen atoms in total. The van der Waals surface area contributed by atoms with Gasteiger partial charge in [0.25, 0.3) is 0 Å². The Kier molecular flexibility index (Phi) is 5.08. The predicted octanol–water partition coefficient (Wildman–Crippen LogP) is 4.24. The van der Waals surface area contributed by atoms with Crippen molar-refractivity contribution in [1.29, 1.82) is 0 Å². The van der Waals surface area contributed by atoms with Gasteiger partial charge in [0.2, 0.25) is 0 Å². The summed E-state index contributed by atoms with van der Waals surface area (Å²) in [5, 5.41) is 0.454. The van der Waals surface area contributed by atoms with Crippen molar-refractivity contribution >= 4 is 11.8 Å². The molecule has 2 N–H and O–H groups in total. The number of nitrogens with two attached hydrogens (primary N) is 1. The van der Waals surface area contributed by atoms with E-state index < -0.39 is 0 Å². The van der Waals surface area contributed by atoms with Gasteiger partial charge in [0, 0.05) is 16.2 Å². The van der Waals surface area contributed by atoms with Gasteiger partial charge in [-0.25, -0.2) is 0 Å². The number of rotatable bonds is 4. The molecule has 0 aromatic heterocycles. The molecule has 1 rings (SSSR count). The van der Waals surface area contributed by atoms with E-state index in [1.807, 2.05) is 11.8 Å². The lowest BCUT2D eigenvalue weighted by atomic mass is 9.87. The van der Waals surface area contributed by atoms with Crippen molar-refractivity contribution in [2.45, 2.75) is 57.2 Å². The van der Waals surface area contributed by atoms with Crippen LogP contribution >= 0.6 is 11.8 Å². The lowest BCUT2D eigenvalue weighted by Crippen LogP contribution is -2.40. The minimum absolute atomic E-state index is 0.227. The zero-order valence-electron chi connectivity index (χ0n) is 11.7. The summed E-state index contributed by atoms with van der Waals surface area (Å²) in [7, 11) is 0. The smallest absolute Gasteiger partial charge is 0.0294 e. The summed E-state index contributed by atoms with van der Waals surface area (Å²) in [5.41, 5.74) is 7.79. The maximum atomic E-state index is 6.26. The van der Waals surface area contributed by atoms with Gasteiger partial charge in [0.1, 0.15) is 0 Å². The van der Waals surface area contributed by atoms with Crippen molar-refractivity contribution in [3.63, 3.8) is 0 Å². The molecule has 17 heavy (non-hydrogen) atoms. The van der Waals surface area contributed by atoms with Crippen LogP contribution in [0.25, 0.3) is 0 Å². The van der Waals surface area contributed by atoms with Gasteiger partial charge >= 0.3 is 0 Å². The van der Waals surface area contributed by atoms with Crippen LogP contribution in [0.15, 0.2) is 29.2 Å². The third-order valence-electron chi connectivity index (χ3n) is 3.00. The summed E-state index contributed by atoms with van der Waals surface area (Å²) in [6.07, 6.45) is 1.03. The highest BCUT2D eigenvalue weighted by Crippen LogP contribution is 2.37. The van der Waals surface area contributed by atoms with E-state index in [9.17, 15) is 0 Å². The number of hydrogen-bond acceptors (Lipinski definition) is 2. The Morgan fingerprint density at radius 1 is 1.18 bits per heavy atom. The van der Waals surface area contributed by atoms with Crippen molar-refractivity contribution in [3.05, 3.63) is 29.8 Å². The molecule has 2 atom stereocenters. The fourth-order valence-corrected chi connectivity index (χ4v) is 3.19. The van der Waals surface area contributed by atoms with Gasteiger partial charge in [0.15, 0.2) is 0 Å². The zero-order chi connectivity index (χ0) is 13.1. The van der Waals surface area contributed by atoms with Crippen molar-refractivity contribution in [2.75, 3.05) is 0 Å². The molecule has 0 saturated heterocycles. The number of thioether (sulfide) groups is 1. The van der Waals surface area contributed by atoms with Crippen LogP contribution in [0, 0.1) is 12.3 Å². The van der Waals surface area contributed by atoms with Gasteiger partial charge in [-0.05, 0) is 30.9 Å². The first-order valence-corrected chi connectivity index (χ1v) is 7.21. The number of hydrogen-bond donors (Lipinski definition) is 1. The topological polar surface area (TPSA) is 26.0 Å². The van der Waals surface area contributed by atoms with Crippen molar-refractivity contribution in [1.82, 2.24) is 0 Å². The highest BCUT2D eigenvalue weighted by atomic mass is 32.2. The first kappa shape index (κ1) is 14.6. The molecule has 0 spiro atoms. The van der Waals surface area contributed by atoms with Gasteiger partial charge in [-0.2, -0.15) is 0 Å². The van der Waals surface area contributed by atoms with Crippen LogP contribution in [0.5, 0.6) is 0 Å². The molecule has 0 amide bonds. The third-order valence-corrected chi connectivity index (χ3v) is 4.85. The molecule has 96 valence electrons. The molecule has 0 aliphatic rings. The van der Waals surface area contributed by atoms with Gasteiger partial charge in [-0.1, -0.05) is 45.4 Å². The van der Waals surface area contributed by atoms with E-state index in [-0.39, 0.29) is 11.5 Å². The number of aryl methyl sites for hydroxylation is 1. The summed E-state index contributed by atoms with van der Waals surface area (Å²) < 4.78 is 0. The fraction of sp³-hybridized carbons (Fsp3) is 0.600. The Morgan fingerprint density at radius 3 is 2.12 bits per heavy atom. The Hall–Kier alpha value is -0.470. The molecule has 0 bridgehead atoms. The summed E-state index contributed by atoms with van der Waals surface area (Å²) in [5.74, 6) is 0. The molecule has 0 heterocycles. The van der Waals surface area contributed by atoms with E-state index in [0.717, 1.165) is 6.42 Å². The first-order valence-electron chi connectivity index (χ1n) is 6.33. The largest absolute Gasteiger partial charge is 0.327 e. The molecule has 0 aliphatic carbocycles. The average molecular weight is 251 g/mol. The van der Waals surface area contributed by atoms with Crippen LogP contribution in [0.1, 0.15) is 39.7 Å². The van der Waals surface area contributed by atoms with E-state index >= 15 is 0 Å². The monoisotopic (exact) mass is 251 g/mol. The first-order chi connectivity index (χ1) is 7.84. The van der Waals surface area contributed by atoms with E-state index in [1.165, 1.54) is 10.5 Å². The van der Waals surface area contributed by atoms with Crippen molar-refractivity contribution < 1.29 is 0 Å². The molecule has 0 saturated carbocycles. The van der Waals surface area contributed by atoms with Crippen LogP contribution < -0.4 is 5.73 Å². The molecule has 0 radical (unpaired) electrons. The maximum absolute atomic E-state index is 6.26. The molecule has 1 aromatic carbocycles. The van der Waals surface area contributed by atoms with Crippen LogP contribution in [-0.4, -0.2) is 11.3 Å². The standard InChI is InChI=1S/C15H25NS/c1-6-13(16)14(15(3,4)5)17-12-9-7-11(2)8-10-12/h7-10,13-14H,6,16H2,1-5H3. The summed E-state index contributed by atoms with van der Waals surface area (Å²) >= 11 is 1.91. The Labute approximate surface area is 110 Å². The zero-order valence-corrected chi connectivity index (χ0v) is 12.5. The second-order valence-corrected chi connectivity index (χ2v) is 7.00. The maximum Gasteiger partial charge on any atom is 0.0294 e. The molecule has 1 aromatic rings. The van der Waals surface area contributed by atoms with Crippen molar-refractivity contribution in [3.8, 4) is 0 Å². The van der Waals surface area contributed by atoms with Gasteiger partial charge in [0.05, 0.1) is 0 Å². The SMILES string of the molecule is CCC(N)C(Sc1ccc(C)cc1)C(C)(C)C. The fourth-order valence-electron chi connectivity index (χ4n) is 1.88. The Morgan fingerprint density at radius 2 is 1.71 bits per heavy atom. The molecule has 2 heteroatoms. The second-order valence-electron chi connectivity index (χ2n) is 5.79. The minimum Gasteiger partial charge on any atom is -0.327 e. The summed E-state index contributed by atoms with van der Waals surface area (Å²) in [4.78, 5) is 1.32. The second kappa shape index (κ2) is 5.92. The lowest BCUT2D eigenvalue weighted by molar-refractivity contribution is 0.350. The molecular weight excluding hydrogens is 226 g/mol. The average Bonchev–Trinajstić information content (AvgIpc) is 2.25. The molecule has 2 unspecified atom stereocenters. The quantitative estimate of drug-likeness (QED) is 0.810. The van der Waals surface area contributed by atoms with Gasteiger partial charge < -0.3 is 5.73 Å². The molecule has 0 fully saturated rings. The Bertz CT molecular complexity index is 337. The van der Waals surface area contributed by atoms with Gasteiger partial charge in [-0.15, -0.1) is 11.8 Å². The van der Waals surface area contributed by atoms with E-state index in [1.54, 1.807) is 0 Å². The van der Waals surface area contributed by atoms with E-state index in [0.29, 0.717) is 5.25 Å². The van der Waals surface area contributed by atoms with Crippen LogP contribution in [0.4, 0.5) is 0 Å². The summed E-state index contributed by atoms with van der Waals surface area (Å²) in [6.45, 7) is 11.1. The molecule has 0 aliphatic heterocycles. The van der Waals surface area contributed by atoms with Crippen LogP contribution in [0.3, 0.4) is 0 Å². The van der Waals surface area contributed by atoms with Gasteiger partial charge in [-0.3, -0.25) is 0 Å². The van der Waals surface area contributed by atoms with E-state index in [4.69, 9.17) is 5.73 Å². The third kappa shape index (κ3) is 4.36.